The predicted molar refractivity (Wildman–Crippen MR) is 78.2 cm³/mol. The first kappa shape index (κ1) is 14.3. The van der Waals surface area contributed by atoms with Crippen molar-refractivity contribution in [1.29, 1.82) is 0 Å². The van der Waals surface area contributed by atoms with Crippen molar-refractivity contribution in [2.75, 3.05) is 40.3 Å². The number of ether oxygens (including phenoxy) is 1. The Hall–Kier alpha value is -1.07. The molecule has 0 atom stereocenters. The average Bonchev–Trinajstić information content (AvgIpc) is 2.39. The molecule has 0 bridgehead atoms. The van der Waals surface area contributed by atoms with Crippen molar-refractivity contribution in [2.24, 2.45) is 0 Å². The fourth-order valence-electron chi connectivity index (χ4n) is 2.03. The molecule has 0 saturated carbocycles. The van der Waals surface area contributed by atoms with E-state index in [1.54, 1.807) is 13.5 Å². The maximum absolute atomic E-state index is 12.1. The molecule has 0 aliphatic carbocycles. The van der Waals surface area contributed by atoms with E-state index in [4.69, 9.17) is 4.74 Å². The van der Waals surface area contributed by atoms with Crippen molar-refractivity contribution in [3.63, 3.8) is 0 Å². The third-order valence-electron chi connectivity index (χ3n) is 3.28. The molecular weight excluding hydrogens is 308 g/mol. The van der Waals surface area contributed by atoms with Crippen molar-refractivity contribution < 1.29 is 9.53 Å². The quantitative estimate of drug-likeness (QED) is 0.849. The second kappa shape index (κ2) is 6.39. The number of methoxy groups -OCH3 is 1. The molecule has 0 N–H and O–H groups in total. The van der Waals surface area contributed by atoms with Gasteiger partial charge in [0.1, 0.15) is 5.75 Å². The van der Waals surface area contributed by atoms with Crippen LogP contribution < -0.4 is 4.74 Å². The lowest BCUT2D eigenvalue weighted by molar-refractivity contribution is -0.128. The third-order valence-corrected chi connectivity index (χ3v) is 3.90. The predicted octanol–water partition coefficient (Wildman–Crippen LogP) is 1.78. The molecule has 1 aromatic rings. The largest absolute Gasteiger partial charge is 0.496 e. The van der Waals surface area contributed by atoms with Crippen LogP contribution in [0.25, 0.3) is 0 Å². The summed E-state index contributed by atoms with van der Waals surface area (Å²) in [6.07, 6.45) is 1.68. The second-order valence-corrected chi connectivity index (χ2v) is 5.52. The van der Waals surface area contributed by atoms with Gasteiger partial charge in [-0.25, -0.2) is 0 Å². The third kappa shape index (κ3) is 3.70. The minimum Gasteiger partial charge on any atom is -0.496 e. The number of hydrogen-bond acceptors (Lipinski definition) is 3. The highest BCUT2D eigenvalue weighted by molar-refractivity contribution is 9.10. The molecule has 1 aromatic carbocycles. The number of likely N-dealkylation sites (N-methyl/N-ethyl adjacent to an activating group) is 1. The van der Waals surface area contributed by atoms with Crippen LogP contribution in [0.3, 0.4) is 0 Å². The number of carbonyl (C=O) groups excluding carboxylic acids is 1. The molecule has 1 fully saturated rings. The van der Waals surface area contributed by atoms with Gasteiger partial charge < -0.3 is 14.5 Å². The summed E-state index contributed by atoms with van der Waals surface area (Å²) < 4.78 is 6.03. The Labute approximate surface area is 122 Å². The minimum atomic E-state index is 0.0742. The van der Waals surface area contributed by atoms with Crippen molar-refractivity contribution in [1.82, 2.24) is 9.80 Å². The highest BCUT2D eigenvalue weighted by Gasteiger charge is 2.19. The number of amides is 1. The molecule has 0 spiro atoms. The highest BCUT2D eigenvalue weighted by atomic mass is 79.9. The maximum atomic E-state index is 12.1. The van der Waals surface area contributed by atoms with Crippen molar-refractivity contribution in [3.8, 4) is 5.75 Å². The Morgan fingerprint density at radius 1 is 1.32 bits per heavy atom. The van der Waals surface area contributed by atoms with Crippen LogP contribution in [0.2, 0.25) is 0 Å². The number of carbonyl (C=O) groups is 1. The Morgan fingerprint density at radius 3 is 2.58 bits per heavy atom. The van der Waals surface area contributed by atoms with Gasteiger partial charge in [0.2, 0.25) is 5.91 Å². The first-order valence-corrected chi connectivity index (χ1v) is 7.05. The normalized spacial score (nSPS) is 16.5. The highest BCUT2D eigenvalue weighted by Crippen LogP contribution is 2.26. The summed E-state index contributed by atoms with van der Waals surface area (Å²) in [5.74, 6) is 0.842. The van der Waals surface area contributed by atoms with E-state index in [9.17, 15) is 4.79 Å². The molecule has 0 aromatic heterocycles. The number of piperazine rings is 1. The fraction of sp³-hybridized carbons (Fsp3) is 0.429. The van der Waals surface area contributed by atoms with Crippen LogP contribution in [-0.2, 0) is 4.79 Å². The van der Waals surface area contributed by atoms with Gasteiger partial charge in [-0.15, -0.1) is 0 Å². The Kier molecular flexibility index (Phi) is 4.82. The molecule has 5 heteroatoms. The van der Waals surface area contributed by atoms with Crippen LogP contribution in [0.4, 0.5) is 0 Å². The molecule has 1 saturated heterocycles. The van der Waals surface area contributed by atoms with Gasteiger partial charge in [0.25, 0.3) is 0 Å². The van der Waals surface area contributed by atoms with E-state index in [2.05, 4.69) is 27.9 Å². The lowest BCUT2D eigenvalue weighted by atomic mass is 10.1. The van der Waals surface area contributed by atoms with Gasteiger partial charge >= 0.3 is 0 Å². The number of benzene rings is 1. The fourth-order valence-corrected chi connectivity index (χ4v) is 2.59. The van der Waals surface area contributed by atoms with E-state index < -0.39 is 0 Å². The molecule has 1 radical (unpaired) electrons. The summed E-state index contributed by atoms with van der Waals surface area (Å²) in [7, 11) is 3.70. The van der Waals surface area contributed by atoms with E-state index >= 15 is 0 Å². The van der Waals surface area contributed by atoms with Crippen LogP contribution in [0, 0.1) is 6.42 Å². The maximum Gasteiger partial charge on any atom is 0.231 e. The number of rotatable bonds is 3. The van der Waals surface area contributed by atoms with Crippen LogP contribution in [0.5, 0.6) is 5.75 Å². The van der Waals surface area contributed by atoms with Crippen molar-refractivity contribution in [2.45, 2.75) is 0 Å². The molecule has 1 amide bonds. The van der Waals surface area contributed by atoms with Gasteiger partial charge in [0.15, 0.2) is 0 Å². The summed E-state index contributed by atoms with van der Waals surface area (Å²) >= 11 is 3.42. The van der Waals surface area contributed by atoms with E-state index in [1.807, 2.05) is 23.1 Å². The zero-order valence-corrected chi connectivity index (χ0v) is 12.8. The van der Waals surface area contributed by atoms with E-state index in [0.29, 0.717) is 0 Å². The van der Waals surface area contributed by atoms with Gasteiger partial charge in [-0.2, -0.15) is 0 Å². The summed E-state index contributed by atoms with van der Waals surface area (Å²) in [4.78, 5) is 16.3. The first-order valence-electron chi connectivity index (χ1n) is 6.26. The Morgan fingerprint density at radius 2 is 2.00 bits per heavy atom. The molecule has 103 valence electrons. The Bertz CT molecular complexity index is 457. The lowest BCUT2D eigenvalue weighted by Gasteiger charge is -2.32. The van der Waals surface area contributed by atoms with E-state index in [0.717, 1.165) is 42.0 Å². The standard InChI is InChI=1S/C14H18BrN2O2/c1-16-5-7-17(8-6-16)14(18)10-11-3-4-13(19-2)12(15)9-11/h3-4,9-10H,5-8H2,1-2H3. The van der Waals surface area contributed by atoms with Crippen molar-refractivity contribution >= 4 is 21.8 Å². The van der Waals surface area contributed by atoms with Crippen molar-refractivity contribution in [3.05, 3.63) is 34.7 Å². The van der Waals surface area contributed by atoms with Gasteiger partial charge in [-0.05, 0) is 40.7 Å². The molecular formula is C14H18BrN2O2. The van der Waals surface area contributed by atoms with Gasteiger partial charge in [0.05, 0.1) is 18.0 Å². The average molecular weight is 326 g/mol. The van der Waals surface area contributed by atoms with Gasteiger partial charge in [-0.3, -0.25) is 4.79 Å². The molecule has 1 aliphatic heterocycles. The summed E-state index contributed by atoms with van der Waals surface area (Å²) in [5, 5.41) is 0. The molecule has 1 aliphatic rings. The summed E-state index contributed by atoms with van der Waals surface area (Å²) in [5.41, 5.74) is 0.886. The Balaban J connectivity index is 1.97. The zero-order chi connectivity index (χ0) is 13.8. The van der Waals surface area contributed by atoms with E-state index in [1.165, 1.54) is 0 Å². The number of halogens is 1. The molecule has 0 unspecified atom stereocenters. The lowest BCUT2D eigenvalue weighted by Crippen LogP contribution is -2.47. The summed E-state index contributed by atoms with van der Waals surface area (Å²) in [6, 6.07) is 5.64. The van der Waals surface area contributed by atoms with E-state index in [-0.39, 0.29) is 5.91 Å². The van der Waals surface area contributed by atoms with Gasteiger partial charge in [0, 0.05) is 26.2 Å². The topological polar surface area (TPSA) is 32.8 Å². The zero-order valence-electron chi connectivity index (χ0n) is 11.2. The van der Waals surface area contributed by atoms with Crippen LogP contribution in [0.15, 0.2) is 22.7 Å². The monoisotopic (exact) mass is 325 g/mol. The molecule has 1 heterocycles. The van der Waals surface area contributed by atoms with Crippen LogP contribution in [0.1, 0.15) is 5.56 Å². The molecule has 4 nitrogen and oxygen atoms in total. The minimum absolute atomic E-state index is 0.0742. The smallest absolute Gasteiger partial charge is 0.231 e. The number of hydrogen-bond donors (Lipinski definition) is 0. The second-order valence-electron chi connectivity index (χ2n) is 4.67. The number of nitrogens with zero attached hydrogens (tertiary/aromatic N) is 2. The first-order chi connectivity index (χ1) is 9.10. The van der Waals surface area contributed by atoms with Crippen LogP contribution >= 0.6 is 15.9 Å². The van der Waals surface area contributed by atoms with Crippen LogP contribution in [-0.4, -0.2) is 56.0 Å². The molecule has 19 heavy (non-hydrogen) atoms. The van der Waals surface area contributed by atoms with Gasteiger partial charge in [-0.1, -0.05) is 6.07 Å². The molecule has 2 rings (SSSR count). The SMILES string of the molecule is COc1ccc([CH]C(=O)N2CCN(C)CC2)cc1Br. The summed E-state index contributed by atoms with van der Waals surface area (Å²) in [6.45, 7) is 3.46.